The highest BCUT2D eigenvalue weighted by Crippen LogP contribution is 2.40. The summed E-state index contributed by atoms with van der Waals surface area (Å²) in [6.07, 6.45) is -0.589. The van der Waals surface area contributed by atoms with Crippen LogP contribution in [0.4, 0.5) is 0 Å². The molecule has 1 aromatic rings. The van der Waals surface area contributed by atoms with Gasteiger partial charge in [-0.05, 0) is 23.0 Å². The zero-order valence-electron chi connectivity index (χ0n) is 8.57. The van der Waals surface area contributed by atoms with Crippen LogP contribution in [0.1, 0.15) is 31.1 Å². The Kier molecular flexibility index (Phi) is 2.13. The van der Waals surface area contributed by atoms with Crippen LogP contribution in [-0.4, -0.2) is 16.3 Å². The van der Waals surface area contributed by atoms with E-state index in [0.29, 0.717) is 0 Å². The molecule has 0 unspecified atom stereocenters. The molecule has 1 aliphatic rings. The molecule has 2 atom stereocenters. The molecule has 2 N–H and O–H groups in total. The first kappa shape index (κ1) is 9.69. The summed E-state index contributed by atoms with van der Waals surface area (Å²) < 4.78 is 0. The van der Waals surface area contributed by atoms with E-state index in [-0.39, 0.29) is 5.41 Å². The highest BCUT2D eigenvalue weighted by atomic mass is 16.3. The summed E-state index contributed by atoms with van der Waals surface area (Å²) in [6, 6.07) is 7.77. The van der Waals surface area contributed by atoms with E-state index >= 15 is 0 Å². The van der Waals surface area contributed by atoms with Gasteiger partial charge in [0.05, 0.1) is 6.10 Å². The lowest BCUT2D eigenvalue weighted by Crippen LogP contribution is -2.40. The molecule has 2 nitrogen and oxygen atoms in total. The van der Waals surface area contributed by atoms with E-state index in [1.54, 1.807) is 0 Å². The van der Waals surface area contributed by atoms with Gasteiger partial charge in [0.2, 0.25) is 0 Å². The minimum atomic E-state index is -0.741. The fraction of sp³-hybridized carbons (Fsp3) is 0.500. The van der Waals surface area contributed by atoms with Gasteiger partial charge in [-0.3, -0.25) is 0 Å². The molecule has 1 aromatic carbocycles. The molecule has 0 fully saturated rings. The average molecular weight is 192 g/mol. The van der Waals surface area contributed by atoms with Gasteiger partial charge >= 0.3 is 0 Å². The standard InChI is InChI=1S/C12H16O2/c1-12(2)7-8-5-3-4-6-9(8)10(13)11(12)14/h3-6,10-11,13-14H,7H2,1-2H3/t10-,11-/m1/s1. The average Bonchev–Trinajstić information content (AvgIpc) is 2.14. The van der Waals surface area contributed by atoms with Crippen molar-refractivity contribution < 1.29 is 10.2 Å². The molecule has 0 amide bonds. The number of fused-ring (bicyclic) bond motifs is 1. The van der Waals surface area contributed by atoms with Gasteiger partial charge in [-0.15, -0.1) is 0 Å². The SMILES string of the molecule is CC1(C)Cc2ccccc2[C@@H](O)[C@H]1O. The molecule has 0 spiro atoms. The molecule has 76 valence electrons. The van der Waals surface area contributed by atoms with Crippen LogP contribution in [-0.2, 0) is 6.42 Å². The van der Waals surface area contributed by atoms with Gasteiger partial charge in [0, 0.05) is 0 Å². The second-order valence-electron chi connectivity index (χ2n) is 4.75. The smallest absolute Gasteiger partial charge is 0.106 e. The number of aliphatic hydroxyl groups excluding tert-OH is 2. The predicted octanol–water partition coefficient (Wildman–Crippen LogP) is 1.66. The van der Waals surface area contributed by atoms with E-state index in [4.69, 9.17) is 0 Å². The first-order valence-corrected chi connectivity index (χ1v) is 4.96. The van der Waals surface area contributed by atoms with Crippen molar-refractivity contribution in [3.8, 4) is 0 Å². The van der Waals surface area contributed by atoms with Crippen LogP contribution >= 0.6 is 0 Å². The van der Waals surface area contributed by atoms with Gasteiger partial charge in [-0.2, -0.15) is 0 Å². The normalized spacial score (nSPS) is 29.7. The first-order valence-electron chi connectivity index (χ1n) is 4.96. The summed E-state index contributed by atoms with van der Waals surface area (Å²) in [7, 11) is 0. The highest BCUT2D eigenvalue weighted by Gasteiger charge is 2.39. The van der Waals surface area contributed by atoms with Crippen molar-refractivity contribution in [2.75, 3.05) is 0 Å². The summed E-state index contributed by atoms with van der Waals surface area (Å²) in [5.74, 6) is 0. The van der Waals surface area contributed by atoms with Gasteiger partial charge in [0.25, 0.3) is 0 Å². The summed E-state index contributed by atoms with van der Waals surface area (Å²) in [5, 5.41) is 19.8. The molecule has 0 saturated carbocycles. The van der Waals surface area contributed by atoms with Crippen LogP contribution in [0, 0.1) is 5.41 Å². The van der Waals surface area contributed by atoms with Crippen LogP contribution in [0.2, 0.25) is 0 Å². The van der Waals surface area contributed by atoms with Crippen molar-refractivity contribution in [1.82, 2.24) is 0 Å². The first-order chi connectivity index (χ1) is 6.52. The quantitative estimate of drug-likeness (QED) is 0.656. The molecule has 0 aromatic heterocycles. The fourth-order valence-corrected chi connectivity index (χ4v) is 2.18. The fourth-order valence-electron chi connectivity index (χ4n) is 2.18. The molecule has 1 aliphatic carbocycles. The van der Waals surface area contributed by atoms with Gasteiger partial charge in [0.15, 0.2) is 0 Å². The molecule has 0 bridgehead atoms. The van der Waals surface area contributed by atoms with Gasteiger partial charge < -0.3 is 10.2 Å². The van der Waals surface area contributed by atoms with Crippen molar-refractivity contribution >= 4 is 0 Å². The lowest BCUT2D eigenvalue weighted by Gasteiger charge is -2.39. The lowest BCUT2D eigenvalue weighted by molar-refractivity contribution is -0.0625. The lowest BCUT2D eigenvalue weighted by atomic mass is 9.71. The number of hydrogen-bond donors (Lipinski definition) is 2. The van der Waals surface area contributed by atoms with Gasteiger partial charge in [-0.1, -0.05) is 38.1 Å². The summed E-state index contributed by atoms with van der Waals surface area (Å²) in [5.41, 5.74) is 1.78. The van der Waals surface area contributed by atoms with E-state index in [0.717, 1.165) is 17.5 Å². The Balaban J connectivity index is 2.48. The van der Waals surface area contributed by atoms with Crippen LogP contribution in [0.3, 0.4) is 0 Å². The number of benzene rings is 1. The highest BCUT2D eigenvalue weighted by molar-refractivity contribution is 5.34. The largest absolute Gasteiger partial charge is 0.389 e. The Bertz CT molecular complexity index is 344. The molecule has 2 rings (SSSR count). The van der Waals surface area contributed by atoms with E-state index in [1.165, 1.54) is 0 Å². The Morgan fingerprint density at radius 1 is 1.21 bits per heavy atom. The van der Waals surface area contributed by atoms with Crippen molar-refractivity contribution in [3.05, 3.63) is 35.4 Å². The maximum absolute atomic E-state index is 9.92. The molecule has 2 heteroatoms. The monoisotopic (exact) mass is 192 g/mol. The van der Waals surface area contributed by atoms with E-state index in [9.17, 15) is 10.2 Å². The molecule has 0 radical (unpaired) electrons. The molecule has 0 heterocycles. The molecule has 0 saturated heterocycles. The predicted molar refractivity (Wildman–Crippen MR) is 54.9 cm³/mol. The van der Waals surface area contributed by atoms with Crippen molar-refractivity contribution in [2.45, 2.75) is 32.5 Å². The van der Waals surface area contributed by atoms with Crippen molar-refractivity contribution in [3.63, 3.8) is 0 Å². The Labute approximate surface area is 84.2 Å². The molecule has 14 heavy (non-hydrogen) atoms. The number of hydrogen-bond acceptors (Lipinski definition) is 2. The second-order valence-corrected chi connectivity index (χ2v) is 4.75. The van der Waals surface area contributed by atoms with Crippen LogP contribution in [0.15, 0.2) is 24.3 Å². The zero-order valence-corrected chi connectivity index (χ0v) is 8.57. The Morgan fingerprint density at radius 3 is 2.57 bits per heavy atom. The minimum absolute atomic E-state index is 0.242. The zero-order chi connectivity index (χ0) is 10.3. The van der Waals surface area contributed by atoms with Crippen molar-refractivity contribution in [2.24, 2.45) is 5.41 Å². The topological polar surface area (TPSA) is 40.5 Å². The van der Waals surface area contributed by atoms with Crippen molar-refractivity contribution in [1.29, 1.82) is 0 Å². The number of aliphatic hydroxyl groups is 2. The molecular formula is C12H16O2. The van der Waals surface area contributed by atoms with E-state index < -0.39 is 12.2 Å². The maximum atomic E-state index is 9.92. The van der Waals surface area contributed by atoms with E-state index in [2.05, 4.69) is 0 Å². The van der Waals surface area contributed by atoms with Crippen LogP contribution in [0.25, 0.3) is 0 Å². The second kappa shape index (κ2) is 3.07. The van der Waals surface area contributed by atoms with Gasteiger partial charge in [0.1, 0.15) is 6.10 Å². The Morgan fingerprint density at radius 2 is 1.86 bits per heavy atom. The summed E-state index contributed by atoms with van der Waals surface area (Å²) in [4.78, 5) is 0. The van der Waals surface area contributed by atoms with Gasteiger partial charge in [-0.25, -0.2) is 0 Å². The maximum Gasteiger partial charge on any atom is 0.106 e. The van der Waals surface area contributed by atoms with E-state index in [1.807, 2.05) is 38.1 Å². The minimum Gasteiger partial charge on any atom is -0.389 e. The van der Waals surface area contributed by atoms with Crippen LogP contribution < -0.4 is 0 Å². The number of rotatable bonds is 0. The third kappa shape index (κ3) is 1.35. The molecular weight excluding hydrogens is 176 g/mol. The third-order valence-corrected chi connectivity index (χ3v) is 3.12. The third-order valence-electron chi connectivity index (χ3n) is 3.12. The molecule has 0 aliphatic heterocycles. The summed E-state index contributed by atoms with van der Waals surface area (Å²) >= 11 is 0. The van der Waals surface area contributed by atoms with Crippen LogP contribution in [0.5, 0.6) is 0 Å². The Hall–Kier alpha value is -0.860. The summed E-state index contributed by atoms with van der Waals surface area (Å²) in [6.45, 7) is 3.97.